The number of hydrogen-bond donors (Lipinski definition) is 1. The predicted molar refractivity (Wildman–Crippen MR) is 120 cm³/mol. The summed E-state index contributed by atoms with van der Waals surface area (Å²) in [6, 6.07) is 19.0. The Bertz CT molecular complexity index is 1370. The second kappa shape index (κ2) is 7.40. The number of pyridine rings is 1. The fourth-order valence-corrected chi connectivity index (χ4v) is 4.24. The fraction of sp³-hybridized carbons (Fsp3) is 0.160. The molecule has 1 aliphatic rings. The Labute approximate surface area is 178 Å². The molecule has 1 aliphatic heterocycles. The number of furan rings is 1. The van der Waals surface area contributed by atoms with Gasteiger partial charge < -0.3 is 9.40 Å². The Morgan fingerprint density at radius 3 is 2.61 bits per heavy atom. The van der Waals surface area contributed by atoms with Gasteiger partial charge in [-0.3, -0.25) is 9.59 Å². The Kier molecular flexibility index (Phi) is 4.55. The average Bonchev–Trinajstić information content (AvgIpc) is 3.43. The van der Waals surface area contributed by atoms with Crippen LogP contribution in [0.3, 0.4) is 0 Å². The molecule has 2 aromatic carbocycles. The van der Waals surface area contributed by atoms with Gasteiger partial charge >= 0.3 is 0 Å². The van der Waals surface area contributed by atoms with E-state index in [0.717, 1.165) is 27.6 Å². The molecule has 0 spiro atoms. The molecule has 5 rings (SSSR count). The molecule has 0 saturated carbocycles. The smallest absolute Gasteiger partial charge is 0.258 e. The highest BCUT2D eigenvalue weighted by Crippen LogP contribution is 2.37. The largest absolute Gasteiger partial charge is 0.467 e. The van der Waals surface area contributed by atoms with Gasteiger partial charge in [-0.1, -0.05) is 42.0 Å². The normalized spacial score (nSPS) is 16.0. The second-order valence-electron chi connectivity index (χ2n) is 7.76. The van der Waals surface area contributed by atoms with Gasteiger partial charge in [0.15, 0.2) is 0 Å². The minimum atomic E-state index is -0.376. The summed E-state index contributed by atoms with van der Waals surface area (Å²) in [6.45, 7) is 3.49. The van der Waals surface area contributed by atoms with E-state index >= 15 is 0 Å². The van der Waals surface area contributed by atoms with Gasteiger partial charge in [-0.2, -0.15) is 5.10 Å². The molecule has 6 nitrogen and oxygen atoms in total. The third-order valence-corrected chi connectivity index (χ3v) is 5.63. The number of nitrogens with zero attached hydrogens (tertiary/aromatic N) is 2. The van der Waals surface area contributed by atoms with Crippen LogP contribution in [0.15, 0.2) is 81.2 Å². The number of rotatable bonds is 3. The van der Waals surface area contributed by atoms with Gasteiger partial charge in [-0.15, -0.1) is 0 Å². The van der Waals surface area contributed by atoms with Crippen molar-refractivity contribution in [2.75, 3.05) is 0 Å². The van der Waals surface area contributed by atoms with Gasteiger partial charge in [0.1, 0.15) is 11.8 Å². The number of fused-ring (bicyclic) bond motifs is 1. The summed E-state index contributed by atoms with van der Waals surface area (Å²) in [5.41, 5.74) is 4.45. The highest BCUT2D eigenvalue weighted by molar-refractivity contribution is 6.12. The number of aromatic nitrogens is 1. The van der Waals surface area contributed by atoms with Crippen LogP contribution in [0.5, 0.6) is 0 Å². The third-order valence-electron chi connectivity index (χ3n) is 5.63. The zero-order valence-electron chi connectivity index (χ0n) is 17.3. The quantitative estimate of drug-likeness (QED) is 0.526. The summed E-state index contributed by atoms with van der Waals surface area (Å²) in [4.78, 5) is 28.6. The summed E-state index contributed by atoms with van der Waals surface area (Å²) in [7, 11) is 0. The molecule has 0 radical (unpaired) electrons. The van der Waals surface area contributed by atoms with Crippen LogP contribution < -0.4 is 5.56 Å². The van der Waals surface area contributed by atoms with E-state index in [1.54, 1.807) is 12.3 Å². The predicted octanol–water partition coefficient (Wildman–Crippen LogP) is 4.79. The molecule has 0 fully saturated rings. The fourth-order valence-electron chi connectivity index (χ4n) is 4.24. The average molecular weight is 411 g/mol. The summed E-state index contributed by atoms with van der Waals surface area (Å²) in [5.74, 6) is 0.439. The minimum Gasteiger partial charge on any atom is -0.467 e. The molecular formula is C25H21N3O3. The van der Waals surface area contributed by atoms with Crippen molar-refractivity contribution in [3.05, 3.63) is 94.2 Å². The van der Waals surface area contributed by atoms with Crippen molar-refractivity contribution < 1.29 is 9.21 Å². The summed E-state index contributed by atoms with van der Waals surface area (Å²) in [5, 5.41) is 6.94. The van der Waals surface area contributed by atoms with Gasteiger partial charge in [0.05, 0.1) is 17.5 Å². The van der Waals surface area contributed by atoms with Crippen molar-refractivity contribution in [1.82, 2.24) is 9.99 Å². The van der Waals surface area contributed by atoms with E-state index < -0.39 is 0 Å². The van der Waals surface area contributed by atoms with Crippen LogP contribution in [0.1, 0.15) is 36.3 Å². The van der Waals surface area contributed by atoms with E-state index in [9.17, 15) is 9.59 Å². The molecule has 4 aromatic rings. The molecule has 154 valence electrons. The molecule has 6 heteroatoms. The first-order chi connectivity index (χ1) is 15.0. The van der Waals surface area contributed by atoms with Gasteiger partial charge in [0.25, 0.3) is 5.56 Å². The van der Waals surface area contributed by atoms with E-state index in [1.165, 1.54) is 11.9 Å². The van der Waals surface area contributed by atoms with Gasteiger partial charge in [0.2, 0.25) is 5.91 Å². The van der Waals surface area contributed by atoms with Crippen molar-refractivity contribution in [3.63, 3.8) is 0 Å². The van der Waals surface area contributed by atoms with E-state index in [2.05, 4.69) is 16.2 Å². The first-order valence-corrected chi connectivity index (χ1v) is 10.2. The van der Waals surface area contributed by atoms with Crippen molar-refractivity contribution >= 4 is 22.5 Å². The third kappa shape index (κ3) is 3.26. The van der Waals surface area contributed by atoms with Crippen molar-refractivity contribution in [1.29, 1.82) is 0 Å². The topological polar surface area (TPSA) is 78.7 Å². The second-order valence-corrected chi connectivity index (χ2v) is 7.76. The maximum Gasteiger partial charge on any atom is 0.258 e. The zero-order valence-corrected chi connectivity index (χ0v) is 17.3. The lowest BCUT2D eigenvalue weighted by Gasteiger charge is -2.17. The molecule has 1 atom stereocenters. The molecule has 2 aromatic heterocycles. The first-order valence-electron chi connectivity index (χ1n) is 10.2. The number of hydrazone groups is 1. The first kappa shape index (κ1) is 19.1. The number of carbonyl (C=O) groups is 1. The Morgan fingerprint density at radius 2 is 1.90 bits per heavy atom. The van der Waals surface area contributed by atoms with Crippen LogP contribution in [0.2, 0.25) is 0 Å². The molecule has 1 N–H and O–H groups in total. The van der Waals surface area contributed by atoms with Crippen LogP contribution in [0.25, 0.3) is 22.0 Å². The van der Waals surface area contributed by atoms with Crippen LogP contribution in [0, 0.1) is 6.92 Å². The van der Waals surface area contributed by atoms with Crippen LogP contribution in [-0.4, -0.2) is 21.6 Å². The summed E-state index contributed by atoms with van der Waals surface area (Å²) < 4.78 is 5.56. The lowest BCUT2D eigenvalue weighted by molar-refractivity contribution is -0.130. The van der Waals surface area contributed by atoms with Crippen LogP contribution in [-0.2, 0) is 4.79 Å². The molecule has 31 heavy (non-hydrogen) atoms. The molecule has 1 amide bonds. The molecular weight excluding hydrogens is 390 g/mol. The zero-order chi connectivity index (χ0) is 21.5. The maximum atomic E-state index is 13.3. The maximum absolute atomic E-state index is 13.3. The molecule has 0 aliphatic carbocycles. The lowest BCUT2D eigenvalue weighted by atomic mass is 9.91. The van der Waals surface area contributed by atoms with Crippen LogP contribution >= 0.6 is 0 Å². The number of amides is 1. The number of carbonyl (C=O) groups excluding carboxylic acids is 1. The molecule has 1 unspecified atom stereocenters. The summed E-state index contributed by atoms with van der Waals surface area (Å²) in [6.07, 6.45) is 1.97. The Hall–Kier alpha value is -3.93. The van der Waals surface area contributed by atoms with Crippen molar-refractivity contribution in [2.45, 2.75) is 26.3 Å². The van der Waals surface area contributed by atoms with E-state index in [-0.39, 0.29) is 17.5 Å². The number of nitrogens with one attached hydrogen (secondary N) is 1. The van der Waals surface area contributed by atoms with E-state index in [4.69, 9.17) is 4.42 Å². The monoisotopic (exact) mass is 411 g/mol. The van der Waals surface area contributed by atoms with E-state index in [0.29, 0.717) is 23.5 Å². The Balaban J connectivity index is 1.77. The highest BCUT2D eigenvalue weighted by Gasteiger charge is 2.35. The highest BCUT2D eigenvalue weighted by atomic mass is 16.3. The lowest BCUT2D eigenvalue weighted by Crippen LogP contribution is -2.23. The SMILES string of the molecule is CC(=O)N1N=C(c2c(-c3ccccc3)c3cc(C)ccc3[nH]c2=O)CC1c1ccco1. The number of H-pyrrole nitrogens is 1. The Morgan fingerprint density at radius 1 is 1.10 bits per heavy atom. The van der Waals surface area contributed by atoms with Gasteiger partial charge in [-0.25, -0.2) is 5.01 Å². The summed E-state index contributed by atoms with van der Waals surface area (Å²) >= 11 is 0. The van der Waals surface area contributed by atoms with Crippen molar-refractivity contribution in [2.24, 2.45) is 5.10 Å². The molecule has 3 heterocycles. The number of aromatic amines is 1. The van der Waals surface area contributed by atoms with Crippen molar-refractivity contribution in [3.8, 4) is 11.1 Å². The molecule has 0 bridgehead atoms. The minimum absolute atomic E-state index is 0.203. The number of aryl methyl sites for hydroxylation is 1. The van der Waals surface area contributed by atoms with Crippen LogP contribution in [0.4, 0.5) is 0 Å². The number of benzene rings is 2. The molecule has 0 saturated heterocycles. The van der Waals surface area contributed by atoms with E-state index in [1.807, 2.05) is 55.5 Å². The van der Waals surface area contributed by atoms with Gasteiger partial charge in [-0.05, 0) is 36.8 Å². The van der Waals surface area contributed by atoms with Gasteiger partial charge in [0, 0.05) is 29.8 Å². The number of hydrogen-bond acceptors (Lipinski definition) is 4. The standard InChI is InChI=1S/C25H21N3O3/c1-15-10-11-19-18(13-15)23(17-7-4-3-5-8-17)24(25(30)26-19)20-14-21(22-9-6-12-31-22)28(27-20)16(2)29/h3-13,21H,14H2,1-2H3,(H,26,30).